The maximum Gasteiger partial charge on any atom is 0.0987 e. The standard InChI is InChI=1S/C8H14BrN3/c1-3-12(4-2)7-5-8(9)11-10-6-7/h5-6,10-11H,3-4H2,1-2H3. The lowest BCUT2D eigenvalue weighted by atomic mass is 10.3. The summed E-state index contributed by atoms with van der Waals surface area (Å²) >= 11 is 3.38. The van der Waals surface area contributed by atoms with Crippen molar-refractivity contribution in [2.75, 3.05) is 13.1 Å². The van der Waals surface area contributed by atoms with Crippen LogP contribution in [0.5, 0.6) is 0 Å². The highest BCUT2D eigenvalue weighted by atomic mass is 79.9. The minimum Gasteiger partial charge on any atom is -0.371 e. The third-order valence-corrected chi connectivity index (χ3v) is 2.24. The Morgan fingerprint density at radius 2 is 2.08 bits per heavy atom. The molecule has 68 valence electrons. The van der Waals surface area contributed by atoms with Crippen molar-refractivity contribution in [1.29, 1.82) is 0 Å². The normalized spacial score (nSPS) is 15.6. The van der Waals surface area contributed by atoms with Crippen molar-refractivity contribution in [3.8, 4) is 0 Å². The fourth-order valence-corrected chi connectivity index (χ4v) is 1.51. The van der Waals surface area contributed by atoms with E-state index < -0.39 is 0 Å². The topological polar surface area (TPSA) is 27.3 Å². The number of allylic oxidation sites excluding steroid dienone is 1. The summed E-state index contributed by atoms with van der Waals surface area (Å²) in [4.78, 5) is 2.27. The number of hydrogen-bond acceptors (Lipinski definition) is 3. The lowest BCUT2D eigenvalue weighted by Gasteiger charge is -2.25. The van der Waals surface area contributed by atoms with Crippen LogP contribution in [0, 0.1) is 0 Å². The van der Waals surface area contributed by atoms with Gasteiger partial charge in [-0.25, -0.2) is 0 Å². The Labute approximate surface area is 81.6 Å². The van der Waals surface area contributed by atoms with E-state index in [9.17, 15) is 0 Å². The van der Waals surface area contributed by atoms with Crippen LogP contribution in [-0.2, 0) is 0 Å². The molecule has 0 spiro atoms. The predicted molar refractivity (Wildman–Crippen MR) is 54.3 cm³/mol. The lowest BCUT2D eigenvalue weighted by Crippen LogP contribution is -2.32. The summed E-state index contributed by atoms with van der Waals surface area (Å²) < 4.78 is 0.965. The third-order valence-electron chi connectivity index (χ3n) is 1.81. The zero-order valence-electron chi connectivity index (χ0n) is 7.39. The van der Waals surface area contributed by atoms with Gasteiger partial charge in [0.15, 0.2) is 0 Å². The lowest BCUT2D eigenvalue weighted by molar-refractivity contribution is 0.387. The van der Waals surface area contributed by atoms with Gasteiger partial charge in [-0.15, -0.1) is 0 Å². The third kappa shape index (κ3) is 2.17. The molecule has 0 unspecified atom stereocenters. The van der Waals surface area contributed by atoms with E-state index in [-0.39, 0.29) is 0 Å². The van der Waals surface area contributed by atoms with Crippen LogP contribution in [0.4, 0.5) is 0 Å². The first-order chi connectivity index (χ1) is 5.77. The zero-order valence-corrected chi connectivity index (χ0v) is 8.98. The number of rotatable bonds is 3. The summed E-state index contributed by atoms with van der Waals surface area (Å²) in [5.74, 6) is 0. The second-order valence-corrected chi connectivity index (χ2v) is 3.36. The number of hydrogen-bond donors (Lipinski definition) is 2. The molecule has 0 aromatic heterocycles. The van der Waals surface area contributed by atoms with Crippen LogP contribution >= 0.6 is 15.9 Å². The monoisotopic (exact) mass is 231 g/mol. The zero-order chi connectivity index (χ0) is 8.97. The molecule has 0 saturated heterocycles. The van der Waals surface area contributed by atoms with Crippen LogP contribution in [0.25, 0.3) is 0 Å². The number of nitrogens with one attached hydrogen (secondary N) is 2. The van der Waals surface area contributed by atoms with Gasteiger partial charge < -0.3 is 10.3 Å². The van der Waals surface area contributed by atoms with Crippen LogP contribution in [0.2, 0.25) is 0 Å². The quantitative estimate of drug-likeness (QED) is 0.722. The highest BCUT2D eigenvalue weighted by molar-refractivity contribution is 9.11. The summed E-state index contributed by atoms with van der Waals surface area (Å²) in [6, 6.07) is 0. The van der Waals surface area contributed by atoms with E-state index in [0.29, 0.717) is 0 Å². The number of nitrogens with zero attached hydrogens (tertiary/aromatic N) is 1. The molecule has 2 N–H and O–H groups in total. The summed E-state index contributed by atoms with van der Waals surface area (Å²) in [5.41, 5.74) is 7.10. The number of likely N-dealkylation sites (N-methyl/N-ethyl adjacent to an activating group) is 1. The highest BCUT2D eigenvalue weighted by Crippen LogP contribution is 2.12. The predicted octanol–water partition coefficient (Wildman–Crippen LogP) is 1.51. The molecule has 0 radical (unpaired) electrons. The fourth-order valence-electron chi connectivity index (χ4n) is 1.16. The molecule has 0 fully saturated rings. The molecular formula is C8H14BrN3. The Kier molecular flexibility index (Phi) is 3.47. The molecule has 0 aliphatic carbocycles. The molecule has 1 aliphatic heterocycles. The van der Waals surface area contributed by atoms with Crippen molar-refractivity contribution in [2.24, 2.45) is 0 Å². The molecule has 1 rings (SSSR count). The Morgan fingerprint density at radius 3 is 2.58 bits per heavy atom. The van der Waals surface area contributed by atoms with Crippen molar-refractivity contribution < 1.29 is 0 Å². The van der Waals surface area contributed by atoms with Crippen molar-refractivity contribution >= 4 is 15.9 Å². The van der Waals surface area contributed by atoms with Crippen LogP contribution < -0.4 is 10.9 Å². The maximum atomic E-state index is 3.38. The van der Waals surface area contributed by atoms with Crippen molar-refractivity contribution in [1.82, 2.24) is 15.8 Å². The molecule has 3 nitrogen and oxygen atoms in total. The van der Waals surface area contributed by atoms with Crippen LogP contribution in [0.1, 0.15) is 13.8 Å². The highest BCUT2D eigenvalue weighted by Gasteiger charge is 2.06. The van der Waals surface area contributed by atoms with Crippen LogP contribution in [0.15, 0.2) is 22.6 Å². The van der Waals surface area contributed by atoms with E-state index in [2.05, 4.69) is 51.6 Å². The van der Waals surface area contributed by atoms with Crippen molar-refractivity contribution in [3.05, 3.63) is 22.6 Å². The van der Waals surface area contributed by atoms with E-state index in [0.717, 1.165) is 17.7 Å². The van der Waals surface area contributed by atoms with Gasteiger partial charge in [-0.2, -0.15) is 0 Å². The molecule has 0 amide bonds. The second-order valence-electron chi connectivity index (χ2n) is 2.50. The minimum atomic E-state index is 0.965. The minimum absolute atomic E-state index is 0.965. The Balaban J connectivity index is 2.67. The van der Waals surface area contributed by atoms with Gasteiger partial charge in [0.25, 0.3) is 0 Å². The van der Waals surface area contributed by atoms with Crippen LogP contribution in [-0.4, -0.2) is 18.0 Å². The molecule has 0 aromatic carbocycles. The van der Waals surface area contributed by atoms with E-state index in [1.54, 1.807) is 0 Å². The Hall–Kier alpha value is -0.640. The van der Waals surface area contributed by atoms with Gasteiger partial charge in [-0.05, 0) is 35.9 Å². The van der Waals surface area contributed by atoms with E-state index in [1.165, 1.54) is 5.70 Å². The van der Waals surface area contributed by atoms with E-state index in [1.807, 2.05) is 6.20 Å². The largest absolute Gasteiger partial charge is 0.371 e. The van der Waals surface area contributed by atoms with Crippen molar-refractivity contribution in [2.45, 2.75) is 13.8 Å². The van der Waals surface area contributed by atoms with E-state index >= 15 is 0 Å². The Morgan fingerprint density at radius 1 is 1.42 bits per heavy atom. The first kappa shape index (κ1) is 9.45. The SMILES string of the molecule is CCN(CC)C1=CNNC(Br)=C1. The van der Waals surface area contributed by atoms with Crippen LogP contribution in [0.3, 0.4) is 0 Å². The molecule has 0 atom stereocenters. The van der Waals surface area contributed by atoms with Gasteiger partial charge in [0.2, 0.25) is 0 Å². The Bertz CT molecular complexity index is 206. The second kappa shape index (κ2) is 4.40. The van der Waals surface area contributed by atoms with Crippen molar-refractivity contribution in [3.63, 3.8) is 0 Å². The average molecular weight is 232 g/mol. The smallest absolute Gasteiger partial charge is 0.0987 e. The molecular weight excluding hydrogens is 218 g/mol. The summed E-state index contributed by atoms with van der Waals surface area (Å²) in [5, 5.41) is 0. The molecule has 0 bridgehead atoms. The van der Waals surface area contributed by atoms with Gasteiger partial charge >= 0.3 is 0 Å². The van der Waals surface area contributed by atoms with Gasteiger partial charge in [0, 0.05) is 19.3 Å². The first-order valence-electron chi connectivity index (χ1n) is 4.11. The summed E-state index contributed by atoms with van der Waals surface area (Å²) in [6.45, 7) is 6.35. The van der Waals surface area contributed by atoms with E-state index in [4.69, 9.17) is 0 Å². The fraction of sp³-hybridized carbons (Fsp3) is 0.500. The molecule has 4 heteroatoms. The van der Waals surface area contributed by atoms with Gasteiger partial charge in [0.05, 0.1) is 10.3 Å². The number of halogens is 1. The van der Waals surface area contributed by atoms with Gasteiger partial charge in [-0.1, -0.05) is 0 Å². The van der Waals surface area contributed by atoms with Gasteiger partial charge in [-0.3, -0.25) is 5.43 Å². The molecule has 1 aliphatic rings. The molecule has 0 saturated carbocycles. The maximum absolute atomic E-state index is 3.38. The van der Waals surface area contributed by atoms with Gasteiger partial charge in [0.1, 0.15) is 0 Å². The molecule has 0 aromatic rings. The summed E-state index contributed by atoms with van der Waals surface area (Å²) in [7, 11) is 0. The summed E-state index contributed by atoms with van der Waals surface area (Å²) in [6.07, 6.45) is 4.02. The number of hydrazine groups is 1. The average Bonchev–Trinajstić information content (AvgIpc) is 2.07. The molecule has 12 heavy (non-hydrogen) atoms. The molecule has 1 heterocycles. The first-order valence-corrected chi connectivity index (χ1v) is 4.91.